The summed E-state index contributed by atoms with van der Waals surface area (Å²) < 4.78 is 2.10. The number of allylic oxidation sites excluding steroid dienone is 4. The molecule has 3 aromatic rings. The minimum absolute atomic E-state index is 0.309. The highest BCUT2D eigenvalue weighted by atomic mass is 15.4. The standard InChI is InChI=1S/C31H35N3/c1-30-15-13-25(34-18-17-32-33-34)20-24(30)9-10-26-28-12-11-27(31(28,2)16-14-29(26)30)23-8-7-21-5-3-4-6-22(21)19-23/h3-9,11,17-19,25-26,28-29H,10,12-16,20H2,1-2H3/t25-,26+,28+,29+,30+,31-/m1/s1. The van der Waals surface area contributed by atoms with Gasteiger partial charge in [-0.05, 0) is 102 Å². The SMILES string of the molecule is C[C@]12CC[C@@H](n3ccnn3)CC1=CC[C@@H]1[C@@H]2CC[C@]2(C)C(c3ccc4ccccc4c3)=CC[C@@H]12. The smallest absolute Gasteiger partial charge is 0.0693 e. The van der Waals surface area contributed by atoms with E-state index in [2.05, 4.69) is 83.5 Å². The predicted octanol–water partition coefficient (Wildman–Crippen LogP) is 7.63. The van der Waals surface area contributed by atoms with Crippen LogP contribution in [0.3, 0.4) is 0 Å². The summed E-state index contributed by atoms with van der Waals surface area (Å²) in [5.74, 6) is 2.41. The summed E-state index contributed by atoms with van der Waals surface area (Å²) in [6, 6.07) is 16.4. The molecule has 6 atom stereocenters. The Hall–Kier alpha value is -2.68. The zero-order valence-corrected chi connectivity index (χ0v) is 20.5. The van der Waals surface area contributed by atoms with Crippen molar-refractivity contribution in [1.29, 1.82) is 0 Å². The third-order valence-electron chi connectivity index (χ3n) is 10.5. The van der Waals surface area contributed by atoms with Gasteiger partial charge in [-0.25, -0.2) is 4.68 Å². The fraction of sp³-hybridized carbons (Fsp3) is 0.484. The van der Waals surface area contributed by atoms with Gasteiger partial charge in [0.15, 0.2) is 0 Å². The Kier molecular flexibility index (Phi) is 4.50. The molecule has 7 rings (SSSR count). The lowest BCUT2D eigenvalue weighted by atomic mass is 9.47. The fourth-order valence-electron chi connectivity index (χ4n) is 8.65. The van der Waals surface area contributed by atoms with Crippen LogP contribution in [0.1, 0.15) is 70.4 Å². The molecular weight excluding hydrogens is 414 g/mol. The molecule has 2 saturated carbocycles. The summed E-state index contributed by atoms with van der Waals surface area (Å²) in [6.45, 7) is 5.19. The van der Waals surface area contributed by atoms with Gasteiger partial charge in [0.05, 0.1) is 12.2 Å². The Morgan fingerprint density at radius 2 is 1.74 bits per heavy atom. The van der Waals surface area contributed by atoms with Gasteiger partial charge in [0.2, 0.25) is 0 Å². The summed E-state index contributed by atoms with van der Waals surface area (Å²) >= 11 is 0. The molecule has 0 saturated heterocycles. The van der Waals surface area contributed by atoms with E-state index in [1.165, 1.54) is 54.9 Å². The molecule has 34 heavy (non-hydrogen) atoms. The highest BCUT2D eigenvalue weighted by molar-refractivity contribution is 5.87. The van der Waals surface area contributed by atoms with E-state index < -0.39 is 0 Å². The van der Waals surface area contributed by atoms with E-state index in [-0.39, 0.29) is 0 Å². The van der Waals surface area contributed by atoms with Gasteiger partial charge >= 0.3 is 0 Å². The number of hydrogen-bond acceptors (Lipinski definition) is 2. The van der Waals surface area contributed by atoms with Crippen LogP contribution in [0.2, 0.25) is 0 Å². The molecule has 0 amide bonds. The third kappa shape index (κ3) is 2.88. The van der Waals surface area contributed by atoms with E-state index in [0.29, 0.717) is 16.9 Å². The van der Waals surface area contributed by atoms with E-state index in [1.807, 2.05) is 12.4 Å². The molecule has 0 unspecified atom stereocenters. The maximum Gasteiger partial charge on any atom is 0.0693 e. The van der Waals surface area contributed by atoms with E-state index >= 15 is 0 Å². The second-order valence-corrected chi connectivity index (χ2v) is 11.9. The molecule has 2 fully saturated rings. The van der Waals surface area contributed by atoms with Gasteiger partial charge in [-0.3, -0.25) is 0 Å². The van der Waals surface area contributed by atoms with Crippen LogP contribution in [-0.4, -0.2) is 15.0 Å². The van der Waals surface area contributed by atoms with Crippen molar-refractivity contribution in [1.82, 2.24) is 15.0 Å². The molecule has 2 aromatic carbocycles. The maximum absolute atomic E-state index is 4.32. The molecule has 3 heteroatoms. The van der Waals surface area contributed by atoms with Crippen LogP contribution in [0.5, 0.6) is 0 Å². The molecule has 4 aliphatic carbocycles. The molecule has 4 aliphatic rings. The lowest BCUT2D eigenvalue weighted by Crippen LogP contribution is -2.49. The first-order chi connectivity index (χ1) is 16.6. The second-order valence-electron chi connectivity index (χ2n) is 11.9. The molecule has 174 valence electrons. The third-order valence-corrected chi connectivity index (χ3v) is 10.5. The van der Waals surface area contributed by atoms with Crippen molar-refractivity contribution in [3.05, 3.63) is 78.1 Å². The first-order valence-corrected chi connectivity index (χ1v) is 13.3. The lowest BCUT2D eigenvalue weighted by molar-refractivity contribution is -0.0144. The number of fused-ring (bicyclic) bond motifs is 6. The Morgan fingerprint density at radius 3 is 2.59 bits per heavy atom. The quantitative estimate of drug-likeness (QED) is 0.377. The lowest BCUT2D eigenvalue weighted by Gasteiger charge is -2.58. The van der Waals surface area contributed by atoms with E-state index in [9.17, 15) is 0 Å². The predicted molar refractivity (Wildman–Crippen MR) is 138 cm³/mol. The van der Waals surface area contributed by atoms with Crippen molar-refractivity contribution >= 4 is 16.3 Å². The highest BCUT2D eigenvalue weighted by Gasteiger charge is 2.56. The van der Waals surface area contributed by atoms with Crippen molar-refractivity contribution in [3.63, 3.8) is 0 Å². The molecule has 0 radical (unpaired) electrons. The van der Waals surface area contributed by atoms with Gasteiger partial charge in [-0.1, -0.05) is 73.2 Å². The van der Waals surface area contributed by atoms with Crippen molar-refractivity contribution in [2.45, 2.75) is 64.8 Å². The molecule has 0 bridgehead atoms. The Balaban J connectivity index is 1.18. The number of benzene rings is 2. The number of aromatic nitrogens is 3. The number of rotatable bonds is 2. The summed E-state index contributed by atoms with van der Waals surface area (Å²) in [5.41, 5.74) is 5.46. The van der Waals surface area contributed by atoms with Crippen molar-refractivity contribution < 1.29 is 0 Å². The van der Waals surface area contributed by atoms with Crippen LogP contribution in [0.25, 0.3) is 16.3 Å². The van der Waals surface area contributed by atoms with Gasteiger partial charge in [-0.15, -0.1) is 5.10 Å². The first-order valence-electron chi connectivity index (χ1n) is 13.3. The van der Waals surface area contributed by atoms with E-state index in [4.69, 9.17) is 0 Å². The molecule has 0 aliphatic heterocycles. The van der Waals surface area contributed by atoms with Crippen molar-refractivity contribution in [3.8, 4) is 0 Å². The minimum atomic E-state index is 0.309. The summed E-state index contributed by atoms with van der Waals surface area (Å²) in [4.78, 5) is 0. The monoisotopic (exact) mass is 449 g/mol. The van der Waals surface area contributed by atoms with Gasteiger partial charge in [0, 0.05) is 6.20 Å². The number of hydrogen-bond donors (Lipinski definition) is 0. The van der Waals surface area contributed by atoms with E-state index in [0.717, 1.165) is 24.2 Å². The van der Waals surface area contributed by atoms with Crippen LogP contribution in [0.15, 0.2) is 72.6 Å². The van der Waals surface area contributed by atoms with Crippen LogP contribution in [0.4, 0.5) is 0 Å². The summed E-state index contributed by atoms with van der Waals surface area (Å²) in [7, 11) is 0. The average molecular weight is 450 g/mol. The Labute approximate surface area is 202 Å². The second kappa shape index (κ2) is 7.41. The first kappa shape index (κ1) is 20.7. The summed E-state index contributed by atoms with van der Waals surface area (Å²) in [5, 5.41) is 11.1. The van der Waals surface area contributed by atoms with Gasteiger partial charge in [-0.2, -0.15) is 0 Å². The zero-order chi connectivity index (χ0) is 22.9. The van der Waals surface area contributed by atoms with Crippen LogP contribution >= 0.6 is 0 Å². The minimum Gasteiger partial charge on any atom is -0.249 e. The van der Waals surface area contributed by atoms with Crippen LogP contribution in [0, 0.1) is 28.6 Å². The van der Waals surface area contributed by atoms with Crippen LogP contribution < -0.4 is 0 Å². The fourth-order valence-corrected chi connectivity index (χ4v) is 8.65. The Bertz CT molecular complexity index is 1300. The molecule has 0 N–H and O–H groups in total. The largest absolute Gasteiger partial charge is 0.249 e. The Morgan fingerprint density at radius 1 is 0.882 bits per heavy atom. The van der Waals surface area contributed by atoms with Gasteiger partial charge < -0.3 is 0 Å². The molecule has 1 aromatic heterocycles. The molecule has 1 heterocycles. The normalized spacial score (nSPS) is 36.9. The van der Waals surface area contributed by atoms with Gasteiger partial charge in [0.25, 0.3) is 0 Å². The van der Waals surface area contributed by atoms with E-state index in [1.54, 1.807) is 11.1 Å². The van der Waals surface area contributed by atoms with Gasteiger partial charge in [0.1, 0.15) is 0 Å². The topological polar surface area (TPSA) is 30.7 Å². The zero-order valence-electron chi connectivity index (χ0n) is 20.5. The van der Waals surface area contributed by atoms with Crippen LogP contribution in [-0.2, 0) is 0 Å². The molecule has 3 nitrogen and oxygen atoms in total. The van der Waals surface area contributed by atoms with Crippen molar-refractivity contribution in [2.24, 2.45) is 28.6 Å². The molecular formula is C31H35N3. The molecule has 0 spiro atoms. The summed E-state index contributed by atoms with van der Waals surface area (Å²) in [6.07, 6.45) is 18.0. The maximum atomic E-state index is 4.32. The average Bonchev–Trinajstić information content (AvgIpc) is 3.51. The number of nitrogens with zero attached hydrogens (tertiary/aromatic N) is 3. The highest BCUT2D eigenvalue weighted by Crippen LogP contribution is 2.66. The van der Waals surface area contributed by atoms with Crippen molar-refractivity contribution in [2.75, 3.05) is 0 Å².